The van der Waals surface area contributed by atoms with E-state index in [0.29, 0.717) is 0 Å². The van der Waals surface area contributed by atoms with Gasteiger partial charge in [-0.1, -0.05) is 11.6 Å². The molecule has 2 rings (SSSR count). The molecule has 1 aliphatic heterocycles. The Morgan fingerprint density at radius 2 is 2.29 bits per heavy atom. The van der Waals surface area contributed by atoms with Crippen molar-refractivity contribution in [3.8, 4) is 5.75 Å². The van der Waals surface area contributed by atoms with Gasteiger partial charge in [0.2, 0.25) is 0 Å². The second kappa shape index (κ2) is 4.01. The number of aliphatic imine (C=N–C) groups is 1. The molecule has 74 valence electrons. The number of halogens is 1. The molecule has 0 aromatic heterocycles. The SMILES string of the molecule is COc1ccc(Cl)c(C2=NCCC2)c1. The molecule has 0 N–H and O–H groups in total. The molecule has 1 aliphatic rings. The van der Waals surface area contributed by atoms with E-state index in [0.717, 1.165) is 41.4 Å². The summed E-state index contributed by atoms with van der Waals surface area (Å²) in [7, 11) is 1.66. The number of nitrogens with zero attached hydrogens (tertiary/aromatic N) is 1. The number of benzene rings is 1. The van der Waals surface area contributed by atoms with Gasteiger partial charge in [0.05, 0.1) is 7.11 Å². The molecule has 0 bridgehead atoms. The molecule has 0 amide bonds. The highest BCUT2D eigenvalue weighted by atomic mass is 35.5. The highest BCUT2D eigenvalue weighted by molar-refractivity contribution is 6.34. The molecule has 0 fully saturated rings. The zero-order valence-electron chi connectivity index (χ0n) is 8.09. The minimum atomic E-state index is 0.756. The van der Waals surface area contributed by atoms with Crippen LogP contribution in [0.5, 0.6) is 5.75 Å². The lowest BCUT2D eigenvalue weighted by atomic mass is 10.1. The Kier molecular flexibility index (Phi) is 2.73. The predicted octanol–water partition coefficient (Wildman–Crippen LogP) is 2.93. The first kappa shape index (κ1) is 9.53. The summed E-state index contributed by atoms with van der Waals surface area (Å²) < 4.78 is 5.16. The molecule has 0 atom stereocenters. The number of rotatable bonds is 2. The maximum Gasteiger partial charge on any atom is 0.119 e. The number of hydrogen-bond acceptors (Lipinski definition) is 2. The highest BCUT2D eigenvalue weighted by Gasteiger charge is 2.12. The van der Waals surface area contributed by atoms with E-state index in [1.54, 1.807) is 7.11 Å². The molecular formula is C11H12ClNO. The molecule has 1 aromatic carbocycles. The third kappa shape index (κ3) is 1.75. The van der Waals surface area contributed by atoms with Crippen LogP contribution < -0.4 is 4.74 Å². The van der Waals surface area contributed by atoms with Crippen LogP contribution in [0.15, 0.2) is 23.2 Å². The Morgan fingerprint density at radius 3 is 2.93 bits per heavy atom. The molecule has 0 spiro atoms. The molecule has 1 heterocycles. The fraction of sp³-hybridized carbons (Fsp3) is 0.364. The molecule has 0 saturated carbocycles. The Bertz CT molecular complexity index is 374. The summed E-state index contributed by atoms with van der Waals surface area (Å²) >= 11 is 6.10. The quantitative estimate of drug-likeness (QED) is 0.734. The van der Waals surface area contributed by atoms with Crippen molar-refractivity contribution in [3.63, 3.8) is 0 Å². The first-order valence-electron chi connectivity index (χ1n) is 4.68. The van der Waals surface area contributed by atoms with Crippen molar-refractivity contribution in [3.05, 3.63) is 28.8 Å². The van der Waals surface area contributed by atoms with Crippen LogP contribution in [0.4, 0.5) is 0 Å². The van der Waals surface area contributed by atoms with Crippen molar-refractivity contribution in [2.24, 2.45) is 4.99 Å². The van der Waals surface area contributed by atoms with Crippen LogP contribution in [0.2, 0.25) is 5.02 Å². The maximum absolute atomic E-state index is 6.10. The summed E-state index contributed by atoms with van der Waals surface area (Å²) in [6.45, 7) is 0.920. The van der Waals surface area contributed by atoms with Crippen molar-refractivity contribution in [2.45, 2.75) is 12.8 Å². The first-order valence-corrected chi connectivity index (χ1v) is 5.06. The monoisotopic (exact) mass is 209 g/mol. The highest BCUT2D eigenvalue weighted by Crippen LogP contribution is 2.25. The van der Waals surface area contributed by atoms with Gasteiger partial charge in [-0.2, -0.15) is 0 Å². The average molecular weight is 210 g/mol. The van der Waals surface area contributed by atoms with Crippen molar-refractivity contribution in [1.82, 2.24) is 0 Å². The zero-order chi connectivity index (χ0) is 9.97. The van der Waals surface area contributed by atoms with Gasteiger partial charge in [0.1, 0.15) is 5.75 Å². The van der Waals surface area contributed by atoms with Crippen LogP contribution in [-0.4, -0.2) is 19.4 Å². The van der Waals surface area contributed by atoms with E-state index >= 15 is 0 Å². The van der Waals surface area contributed by atoms with E-state index in [1.165, 1.54) is 0 Å². The smallest absolute Gasteiger partial charge is 0.119 e. The van der Waals surface area contributed by atoms with Crippen LogP contribution in [-0.2, 0) is 0 Å². The van der Waals surface area contributed by atoms with E-state index in [9.17, 15) is 0 Å². The summed E-state index contributed by atoms with van der Waals surface area (Å²) in [5.74, 6) is 0.832. The maximum atomic E-state index is 6.10. The van der Waals surface area contributed by atoms with Crippen LogP contribution in [0.3, 0.4) is 0 Å². The molecule has 0 radical (unpaired) electrons. The Hall–Kier alpha value is -1.02. The lowest BCUT2D eigenvalue weighted by Crippen LogP contribution is -1.98. The van der Waals surface area contributed by atoms with Crippen LogP contribution in [0.1, 0.15) is 18.4 Å². The molecule has 0 unspecified atom stereocenters. The van der Waals surface area contributed by atoms with Crippen LogP contribution in [0, 0.1) is 0 Å². The molecule has 1 aromatic rings. The predicted molar refractivity (Wildman–Crippen MR) is 58.6 cm³/mol. The van der Waals surface area contributed by atoms with Gasteiger partial charge in [-0.3, -0.25) is 4.99 Å². The first-order chi connectivity index (χ1) is 6.81. The minimum absolute atomic E-state index is 0.756. The fourth-order valence-corrected chi connectivity index (χ4v) is 1.84. The Labute approximate surface area is 88.6 Å². The van der Waals surface area contributed by atoms with Gasteiger partial charge < -0.3 is 4.74 Å². The van der Waals surface area contributed by atoms with Gasteiger partial charge in [-0.25, -0.2) is 0 Å². The summed E-state index contributed by atoms with van der Waals surface area (Å²) in [6.07, 6.45) is 2.15. The zero-order valence-corrected chi connectivity index (χ0v) is 8.84. The van der Waals surface area contributed by atoms with E-state index in [-0.39, 0.29) is 0 Å². The van der Waals surface area contributed by atoms with Crippen molar-refractivity contribution < 1.29 is 4.74 Å². The van der Waals surface area contributed by atoms with E-state index in [4.69, 9.17) is 16.3 Å². The summed E-state index contributed by atoms with van der Waals surface area (Å²) in [4.78, 5) is 4.42. The number of methoxy groups -OCH3 is 1. The molecule has 3 heteroatoms. The second-order valence-electron chi connectivity index (χ2n) is 3.28. The van der Waals surface area contributed by atoms with Gasteiger partial charge in [0.15, 0.2) is 0 Å². The third-order valence-corrected chi connectivity index (χ3v) is 2.69. The Morgan fingerprint density at radius 1 is 1.43 bits per heavy atom. The molecule has 2 nitrogen and oxygen atoms in total. The minimum Gasteiger partial charge on any atom is -0.497 e. The van der Waals surface area contributed by atoms with E-state index in [2.05, 4.69) is 4.99 Å². The van der Waals surface area contributed by atoms with E-state index in [1.807, 2.05) is 18.2 Å². The largest absolute Gasteiger partial charge is 0.497 e. The lowest BCUT2D eigenvalue weighted by Gasteiger charge is -2.06. The molecule has 14 heavy (non-hydrogen) atoms. The van der Waals surface area contributed by atoms with Gasteiger partial charge >= 0.3 is 0 Å². The Balaban J connectivity index is 2.40. The van der Waals surface area contributed by atoms with Gasteiger partial charge in [0, 0.05) is 22.8 Å². The van der Waals surface area contributed by atoms with Gasteiger partial charge in [-0.05, 0) is 31.0 Å². The van der Waals surface area contributed by atoms with Gasteiger partial charge in [0.25, 0.3) is 0 Å². The molecule has 0 saturated heterocycles. The number of ether oxygens (including phenoxy) is 1. The standard InChI is InChI=1S/C11H12ClNO/c1-14-8-4-5-10(12)9(7-8)11-3-2-6-13-11/h4-5,7H,2-3,6H2,1H3. The summed E-state index contributed by atoms with van der Waals surface area (Å²) in [5, 5.41) is 0.756. The van der Waals surface area contributed by atoms with Crippen molar-refractivity contribution in [2.75, 3.05) is 13.7 Å². The summed E-state index contributed by atoms with van der Waals surface area (Å²) in [5.41, 5.74) is 2.12. The molecular weight excluding hydrogens is 198 g/mol. The van der Waals surface area contributed by atoms with E-state index < -0.39 is 0 Å². The topological polar surface area (TPSA) is 21.6 Å². The lowest BCUT2D eigenvalue weighted by molar-refractivity contribution is 0.414. The normalized spacial score (nSPS) is 15.4. The van der Waals surface area contributed by atoms with Crippen LogP contribution >= 0.6 is 11.6 Å². The van der Waals surface area contributed by atoms with Gasteiger partial charge in [-0.15, -0.1) is 0 Å². The average Bonchev–Trinajstić information content (AvgIpc) is 2.71. The fourth-order valence-electron chi connectivity index (χ4n) is 1.61. The third-order valence-electron chi connectivity index (χ3n) is 2.36. The summed E-state index contributed by atoms with van der Waals surface area (Å²) in [6, 6.07) is 5.67. The molecule has 0 aliphatic carbocycles. The number of hydrogen-bond donors (Lipinski definition) is 0. The van der Waals surface area contributed by atoms with Crippen molar-refractivity contribution in [1.29, 1.82) is 0 Å². The van der Waals surface area contributed by atoms with Crippen LogP contribution in [0.25, 0.3) is 0 Å². The second-order valence-corrected chi connectivity index (χ2v) is 3.68. The van der Waals surface area contributed by atoms with Crippen molar-refractivity contribution >= 4 is 17.3 Å².